The van der Waals surface area contributed by atoms with Crippen LogP contribution in [0, 0.1) is 0 Å². The second-order valence-corrected chi connectivity index (χ2v) is 5.02. The third kappa shape index (κ3) is 7.00. The van der Waals surface area contributed by atoms with Crippen LogP contribution in [0.1, 0.15) is 6.42 Å². The van der Waals surface area contributed by atoms with Crippen molar-refractivity contribution in [3.8, 4) is 5.75 Å². The Hall–Kier alpha value is -1.01. The van der Waals surface area contributed by atoms with Gasteiger partial charge >= 0.3 is 0 Å². The third-order valence-electron chi connectivity index (χ3n) is 2.94. The molecule has 118 valence electrons. The Kier molecular flexibility index (Phi) is 8.45. The second kappa shape index (κ2) is 9.84. The average molecular weight is 335 g/mol. The van der Waals surface area contributed by atoms with Crippen LogP contribution >= 0.6 is 24.0 Å². The van der Waals surface area contributed by atoms with Crippen molar-refractivity contribution in [3.63, 3.8) is 0 Å². The van der Waals surface area contributed by atoms with E-state index in [1.165, 1.54) is 0 Å². The van der Waals surface area contributed by atoms with Gasteiger partial charge < -0.3 is 20.1 Å². The molecule has 1 atom stereocenters. The molecule has 2 rings (SSSR count). The maximum atomic E-state index is 11.7. The molecule has 1 aliphatic rings. The second-order valence-electron chi connectivity index (χ2n) is 4.58. The van der Waals surface area contributed by atoms with Gasteiger partial charge in [-0.3, -0.25) is 4.79 Å². The van der Waals surface area contributed by atoms with Crippen molar-refractivity contribution in [1.29, 1.82) is 0 Å². The highest BCUT2D eigenvalue weighted by molar-refractivity contribution is 6.30. The highest BCUT2D eigenvalue weighted by Crippen LogP contribution is 2.15. The molecular weight excluding hydrogens is 315 g/mol. The maximum absolute atomic E-state index is 11.7. The number of hydrogen-bond acceptors (Lipinski definition) is 4. The van der Waals surface area contributed by atoms with Crippen LogP contribution < -0.4 is 15.4 Å². The number of benzene rings is 1. The van der Waals surface area contributed by atoms with Crippen LogP contribution in [0.2, 0.25) is 5.02 Å². The van der Waals surface area contributed by atoms with E-state index in [9.17, 15) is 4.79 Å². The number of halogens is 2. The van der Waals surface area contributed by atoms with Crippen LogP contribution in [-0.2, 0) is 9.53 Å². The summed E-state index contributed by atoms with van der Waals surface area (Å²) in [6.45, 7) is 3.02. The Bertz CT molecular complexity index is 423. The number of ether oxygens (including phenoxy) is 2. The Balaban J connectivity index is 0.00000220. The van der Waals surface area contributed by atoms with Gasteiger partial charge in [0.05, 0.1) is 19.8 Å². The van der Waals surface area contributed by atoms with Crippen molar-refractivity contribution in [2.75, 3.05) is 32.9 Å². The van der Waals surface area contributed by atoms with Gasteiger partial charge in [-0.05, 0) is 24.3 Å². The van der Waals surface area contributed by atoms with E-state index < -0.39 is 0 Å². The Morgan fingerprint density at radius 1 is 1.43 bits per heavy atom. The lowest BCUT2D eigenvalue weighted by Gasteiger charge is -2.23. The predicted molar refractivity (Wildman–Crippen MR) is 84.4 cm³/mol. The monoisotopic (exact) mass is 334 g/mol. The van der Waals surface area contributed by atoms with Crippen LogP contribution in [0.3, 0.4) is 0 Å². The van der Waals surface area contributed by atoms with Gasteiger partial charge in [0.2, 0.25) is 5.91 Å². The molecule has 1 fully saturated rings. The smallest absolute Gasteiger partial charge is 0.221 e. The summed E-state index contributed by atoms with van der Waals surface area (Å²) in [5.74, 6) is 0.749. The quantitative estimate of drug-likeness (QED) is 0.776. The first kappa shape index (κ1) is 18.0. The molecule has 2 N–H and O–H groups in total. The number of nitrogens with one attached hydrogen (secondary N) is 2. The van der Waals surface area contributed by atoms with Crippen molar-refractivity contribution >= 4 is 29.9 Å². The molecule has 1 unspecified atom stereocenters. The van der Waals surface area contributed by atoms with E-state index in [0.717, 1.165) is 12.3 Å². The van der Waals surface area contributed by atoms with Gasteiger partial charge in [0.15, 0.2) is 0 Å². The molecule has 0 saturated carbocycles. The van der Waals surface area contributed by atoms with Crippen LogP contribution in [0.4, 0.5) is 0 Å². The zero-order valence-corrected chi connectivity index (χ0v) is 13.2. The van der Waals surface area contributed by atoms with Crippen LogP contribution in [0.15, 0.2) is 24.3 Å². The molecular formula is C14H20Cl2N2O3. The molecule has 1 amide bonds. The Labute approximate surface area is 135 Å². The van der Waals surface area contributed by atoms with E-state index in [-0.39, 0.29) is 24.4 Å². The minimum absolute atomic E-state index is 0. The standard InChI is InChI=1S/C14H19ClN2O3.ClH/c15-11-1-3-13(4-2-11)20-8-6-17-14(18)9-12-10-19-7-5-16-12;/h1-4,12,16H,5-10H2,(H,17,18);1H. The fraction of sp³-hybridized carbons (Fsp3) is 0.500. The molecule has 1 heterocycles. The summed E-state index contributed by atoms with van der Waals surface area (Å²) in [5, 5.41) is 6.74. The van der Waals surface area contributed by atoms with E-state index in [0.29, 0.717) is 37.8 Å². The van der Waals surface area contributed by atoms with Gasteiger partial charge in [0, 0.05) is 24.0 Å². The van der Waals surface area contributed by atoms with Gasteiger partial charge in [-0.1, -0.05) is 11.6 Å². The predicted octanol–water partition coefficient (Wildman–Crippen LogP) is 1.64. The summed E-state index contributed by atoms with van der Waals surface area (Å²) in [6, 6.07) is 7.25. The van der Waals surface area contributed by atoms with E-state index >= 15 is 0 Å². The summed E-state index contributed by atoms with van der Waals surface area (Å²) in [7, 11) is 0. The van der Waals surface area contributed by atoms with E-state index in [1.807, 2.05) is 0 Å². The Morgan fingerprint density at radius 3 is 2.86 bits per heavy atom. The molecule has 1 saturated heterocycles. The van der Waals surface area contributed by atoms with Crippen LogP contribution in [0.5, 0.6) is 5.75 Å². The highest BCUT2D eigenvalue weighted by Gasteiger charge is 2.16. The van der Waals surface area contributed by atoms with Crippen molar-refractivity contribution in [1.82, 2.24) is 10.6 Å². The Morgan fingerprint density at radius 2 is 2.19 bits per heavy atom. The minimum Gasteiger partial charge on any atom is -0.492 e. The summed E-state index contributed by atoms with van der Waals surface area (Å²) >= 11 is 5.78. The first-order chi connectivity index (χ1) is 9.74. The summed E-state index contributed by atoms with van der Waals surface area (Å²) in [4.78, 5) is 11.7. The van der Waals surface area contributed by atoms with Crippen molar-refractivity contribution < 1.29 is 14.3 Å². The lowest BCUT2D eigenvalue weighted by molar-refractivity contribution is -0.122. The lowest BCUT2D eigenvalue weighted by Crippen LogP contribution is -2.44. The van der Waals surface area contributed by atoms with Crippen molar-refractivity contribution in [2.24, 2.45) is 0 Å². The third-order valence-corrected chi connectivity index (χ3v) is 3.19. The summed E-state index contributed by atoms with van der Waals surface area (Å²) in [5.41, 5.74) is 0. The van der Waals surface area contributed by atoms with Crippen LogP contribution in [-0.4, -0.2) is 44.9 Å². The fourth-order valence-electron chi connectivity index (χ4n) is 1.94. The number of rotatable bonds is 6. The first-order valence-electron chi connectivity index (χ1n) is 6.70. The molecule has 21 heavy (non-hydrogen) atoms. The van der Waals surface area contributed by atoms with Gasteiger partial charge in [0.1, 0.15) is 12.4 Å². The number of amides is 1. The number of carbonyl (C=O) groups excluding carboxylic acids is 1. The molecule has 7 heteroatoms. The number of hydrogen-bond donors (Lipinski definition) is 2. The molecule has 0 aromatic heterocycles. The molecule has 0 bridgehead atoms. The van der Waals surface area contributed by atoms with Gasteiger partial charge in [-0.25, -0.2) is 0 Å². The number of morpholine rings is 1. The molecule has 1 aliphatic heterocycles. The molecule has 0 aliphatic carbocycles. The minimum atomic E-state index is 0. The zero-order chi connectivity index (χ0) is 14.2. The molecule has 0 spiro atoms. The van der Waals surface area contributed by atoms with Crippen LogP contribution in [0.25, 0.3) is 0 Å². The van der Waals surface area contributed by atoms with E-state index in [4.69, 9.17) is 21.1 Å². The zero-order valence-electron chi connectivity index (χ0n) is 11.6. The molecule has 5 nitrogen and oxygen atoms in total. The average Bonchev–Trinajstić information content (AvgIpc) is 2.46. The van der Waals surface area contributed by atoms with Gasteiger partial charge in [-0.2, -0.15) is 0 Å². The largest absolute Gasteiger partial charge is 0.492 e. The topological polar surface area (TPSA) is 59.6 Å². The molecule has 0 radical (unpaired) electrons. The van der Waals surface area contributed by atoms with Gasteiger partial charge in [-0.15, -0.1) is 12.4 Å². The fourth-order valence-corrected chi connectivity index (χ4v) is 2.06. The summed E-state index contributed by atoms with van der Waals surface area (Å²) < 4.78 is 10.8. The highest BCUT2D eigenvalue weighted by atomic mass is 35.5. The maximum Gasteiger partial charge on any atom is 0.221 e. The first-order valence-corrected chi connectivity index (χ1v) is 7.08. The van der Waals surface area contributed by atoms with Crippen molar-refractivity contribution in [2.45, 2.75) is 12.5 Å². The van der Waals surface area contributed by atoms with Gasteiger partial charge in [0.25, 0.3) is 0 Å². The number of carbonyl (C=O) groups is 1. The lowest BCUT2D eigenvalue weighted by atomic mass is 10.2. The van der Waals surface area contributed by atoms with E-state index in [2.05, 4.69) is 10.6 Å². The molecule has 1 aromatic rings. The normalized spacial score (nSPS) is 17.7. The SMILES string of the molecule is Cl.O=C(CC1COCCN1)NCCOc1ccc(Cl)cc1. The molecule has 1 aromatic carbocycles. The van der Waals surface area contributed by atoms with Crippen molar-refractivity contribution in [3.05, 3.63) is 29.3 Å². The summed E-state index contributed by atoms with van der Waals surface area (Å²) in [6.07, 6.45) is 0.431. The van der Waals surface area contributed by atoms with E-state index in [1.54, 1.807) is 24.3 Å².